The van der Waals surface area contributed by atoms with E-state index in [4.69, 9.17) is 4.74 Å². The summed E-state index contributed by atoms with van der Waals surface area (Å²) >= 11 is 0. The van der Waals surface area contributed by atoms with Crippen molar-refractivity contribution in [1.29, 1.82) is 0 Å². The summed E-state index contributed by atoms with van der Waals surface area (Å²) in [6, 6.07) is -0.816. The molecule has 0 aromatic rings. The van der Waals surface area contributed by atoms with Crippen molar-refractivity contribution in [3.8, 4) is 0 Å². The summed E-state index contributed by atoms with van der Waals surface area (Å²) in [6.07, 6.45) is 2.60. The first-order valence-corrected chi connectivity index (χ1v) is 6.49. The van der Waals surface area contributed by atoms with Gasteiger partial charge >= 0.3 is 0 Å². The van der Waals surface area contributed by atoms with Gasteiger partial charge in [0.15, 0.2) is 0 Å². The molecular weight excluding hydrogens is 278 g/mol. The third kappa shape index (κ3) is 4.85. The zero-order valence-corrected chi connectivity index (χ0v) is 11.8. The predicted molar refractivity (Wildman–Crippen MR) is 69.8 cm³/mol. The van der Waals surface area contributed by atoms with E-state index < -0.39 is 24.9 Å². The zero-order valence-electron chi connectivity index (χ0n) is 11.0. The number of hydrogen-bond acceptors (Lipinski definition) is 3. The van der Waals surface area contributed by atoms with Crippen molar-refractivity contribution in [2.45, 2.75) is 56.7 Å². The first-order chi connectivity index (χ1) is 8.46. The second kappa shape index (κ2) is 6.81. The molecular formula is C12H21ClF2N2O2. The molecule has 2 aliphatic heterocycles. The van der Waals surface area contributed by atoms with Gasteiger partial charge in [0, 0.05) is 19.1 Å². The van der Waals surface area contributed by atoms with Crippen LogP contribution in [0.2, 0.25) is 0 Å². The summed E-state index contributed by atoms with van der Waals surface area (Å²) in [4.78, 5) is 11.8. The minimum atomic E-state index is -2.76. The van der Waals surface area contributed by atoms with E-state index in [0.29, 0.717) is 0 Å². The Morgan fingerprint density at radius 1 is 1.58 bits per heavy atom. The molecule has 0 bridgehead atoms. The Morgan fingerprint density at radius 3 is 2.84 bits per heavy atom. The van der Waals surface area contributed by atoms with E-state index in [0.717, 1.165) is 25.9 Å². The number of nitrogens with one attached hydrogen (secondary N) is 2. The van der Waals surface area contributed by atoms with E-state index in [1.807, 2.05) is 6.92 Å². The molecule has 2 N–H and O–H groups in total. The van der Waals surface area contributed by atoms with Crippen molar-refractivity contribution in [3.05, 3.63) is 0 Å². The SMILES string of the molecule is CC(CC1CCCO1)NC(=O)C1CC(F)(F)CN1.Cl. The third-order valence-electron chi connectivity index (χ3n) is 3.46. The van der Waals surface area contributed by atoms with E-state index in [9.17, 15) is 13.6 Å². The van der Waals surface area contributed by atoms with Crippen LogP contribution in [0.3, 0.4) is 0 Å². The van der Waals surface area contributed by atoms with Gasteiger partial charge in [-0.05, 0) is 26.2 Å². The van der Waals surface area contributed by atoms with Crippen LogP contribution in [-0.4, -0.2) is 43.2 Å². The number of amides is 1. The average molecular weight is 299 g/mol. The smallest absolute Gasteiger partial charge is 0.262 e. The molecule has 3 unspecified atom stereocenters. The minimum absolute atomic E-state index is 0. The maximum Gasteiger partial charge on any atom is 0.262 e. The highest BCUT2D eigenvalue weighted by molar-refractivity contribution is 5.85. The van der Waals surface area contributed by atoms with Crippen LogP contribution in [-0.2, 0) is 9.53 Å². The Balaban J connectivity index is 0.00000180. The van der Waals surface area contributed by atoms with Crippen molar-refractivity contribution >= 4 is 18.3 Å². The van der Waals surface area contributed by atoms with Crippen LogP contribution in [0.4, 0.5) is 8.78 Å². The summed E-state index contributed by atoms with van der Waals surface area (Å²) in [6.45, 7) is 2.25. The summed E-state index contributed by atoms with van der Waals surface area (Å²) in [5, 5.41) is 5.32. The van der Waals surface area contributed by atoms with E-state index in [-0.39, 0.29) is 30.5 Å². The molecule has 1 amide bonds. The lowest BCUT2D eigenvalue weighted by atomic mass is 10.1. The second-order valence-corrected chi connectivity index (χ2v) is 5.27. The van der Waals surface area contributed by atoms with Crippen LogP contribution in [0, 0.1) is 0 Å². The quantitative estimate of drug-likeness (QED) is 0.826. The number of halogens is 3. The highest BCUT2D eigenvalue weighted by Gasteiger charge is 2.42. The van der Waals surface area contributed by atoms with Crippen LogP contribution in [0.5, 0.6) is 0 Å². The van der Waals surface area contributed by atoms with Gasteiger partial charge in [0.1, 0.15) is 0 Å². The molecule has 0 saturated carbocycles. The summed E-state index contributed by atoms with van der Waals surface area (Å²) in [5.41, 5.74) is 0. The first-order valence-electron chi connectivity index (χ1n) is 6.49. The van der Waals surface area contributed by atoms with E-state index in [1.165, 1.54) is 0 Å². The highest BCUT2D eigenvalue weighted by Crippen LogP contribution is 2.25. The van der Waals surface area contributed by atoms with Crippen molar-refractivity contribution < 1.29 is 18.3 Å². The fraction of sp³-hybridized carbons (Fsp3) is 0.917. The largest absolute Gasteiger partial charge is 0.378 e. The van der Waals surface area contributed by atoms with Crippen molar-refractivity contribution in [2.75, 3.05) is 13.2 Å². The predicted octanol–water partition coefficient (Wildman–Crippen LogP) is 1.48. The molecule has 0 aliphatic carbocycles. The topological polar surface area (TPSA) is 50.4 Å². The van der Waals surface area contributed by atoms with Crippen molar-refractivity contribution in [3.63, 3.8) is 0 Å². The van der Waals surface area contributed by atoms with Crippen molar-refractivity contribution in [1.82, 2.24) is 10.6 Å². The number of alkyl halides is 2. The normalized spacial score (nSPS) is 30.7. The van der Waals surface area contributed by atoms with Crippen LogP contribution < -0.4 is 10.6 Å². The van der Waals surface area contributed by atoms with Gasteiger partial charge < -0.3 is 10.1 Å². The molecule has 4 nitrogen and oxygen atoms in total. The van der Waals surface area contributed by atoms with Gasteiger partial charge in [0.05, 0.1) is 18.7 Å². The molecule has 0 aromatic heterocycles. The molecule has 19 heavy (non-hydrogen) atoms. The fourth-order valence-electron chi connectivity index (χ4n) is 2.53. The lowest BCUT2D eigenvalue weighted by Gasteiger charge is -2.19. The van der Waals surface area contributed by atoms with E-state index in [1.54, 1.807) is 0 Å². The first kappa shape index (κ1) is 16.6. The summed E-state index contributed by atoms with van der Waals surface area (Å²) in [5.74, 6) is -3.10. The minimum Gasteiger partial charge on any atom is -0.378 e. The Morgan fingerprint density at radius 2 is 2.32 bits per heavy atom. The Labute approximate surface area is 118 Å². The van der Waals surface area contributed by atoms with Gasteiger partial charge in [0.2, 0.25) is 5.91 Å². The standard InChI is InChI=1S/C12H20F2N2O2.ClH/c1-8(5-9-3-2-4-18-9)16-11(17)10-6-12(13,14)7-15-10;/h8-10,15H,2-7H2,1H3,(H,16,17);1H. The van der Waals surface area contributed by atoms with Crippen LogP contribution >= 0.6 is 12.4 Å². The summed E-state index contributed by atoms with van der Waals surface area (Å²) < 4.78 is 31.4. The van der Waals surface area contributed by atoms with Gasteiger partial charge in [-0.25, -0.2) is 8.78 Å². The molecule has 7 heteroatoms. The molecule has 2 heterocycles. The Hall–Kier alpha value is -0.460. The lowest BCUT2D eigenvalue weighted by molar-refractivity contribution is -0.124. The second-order valence-electron chi connectivity index (χ2n) is 5.27. The monoisotopic (exact) mass is 298 g/mol. The molecule has 0 radical (unpaired) electrons. The molecule has 0 aromatic carbocycles. The van der Waals surface area contributed by atoms with Gasteiger partial charge in [-0.1, -0.05) is 0 Å². The number of carbonyl (C=O) groups is 1. The number of rotatable bonds is 4. The number of hydrogen-bond donors (Lipinski definition) is 2. The van der Waals surface area contributed by atoms with Crippen LogP contribution in [0.1, 0.15) is 32.6 Å². The molecule has 2 aliphatic rings. The molecule has 2 saturated heterocycles. The molecule has 2 rings (SSSR count). The van der Waals surface area contributed by atoms with E-state index in [2.05, 4.69) is 10.6 Å². The van der Waals surface area contributed by atoms with E-state index >= 15 is 0 Å². The molecule has 2 fully saturated rings. The van der Waals surface area contributed by atoms with Gasteiger partial charge in [-0.15, -0.1) is 12.4 Å². The van der Waals surface area contributed by atoms with Crippen LogP contribution in [0.25, 0.3) is 0 Å². The molecule has 0 spiro atoms. The highest BCUT2D eigenvalue weighted by atomic mass is 35.5. The number of ether oxygens (including phenoxy) is 1. The average Bonchev–Trinajstić information content (AvgIpc) is 2.87. The molecule has 112 valence electrons. The van der Waals surface area contributed by atoms with Gasteiger partial charge in [0.25, 0.3) is 5.92 Å². The fourth-order valence-corrected chi connectivity index (χ4v) is 2.53. The maximum absolute atomic E-state index is 13.0. The van der Waals surface area contributed by atoms with Gasteiger partial charge in [-0.3, -0.25) is 10.1 Å². The maximum atomic E-state index is 13.0. The zero-order chi connectivity index (χ0) is 13.2. The Bertz CT molecular complexity index is 312. The lowest BCUT2D eigenvalue weighted by Crippen LogP contribution is -2.45. The Kier molecular flexibility index (Phi) is 5.95. The third-order valence-corrected chi connectivity index (χ3v) is 3.46. The van der Waals surface area contributed by atoms with Crippen LogP contribution in [0.15, 0.2) is 0 Å². The van der Waals surface area contributed by atoms with Gasteiger partial charge in [-0.2, -0.15) is 0 Å². The summed E-state index contributed by atoms with van der Waals surface area (Å²) in [7, 11) is 0. The number of carbonyl (C=O) groups excluding carboxylic acids is 1. The van der Waals surface area contributed by atoms with Crippen molar-refractivity contribution in [2.24, 2.45) is 0 Å². The molecule has 3 atom stereocenters.